The zero-order valence-electron chi connectivity index (χ0n) is 11.1. The standard InChI is InChI=1S/C17H14N2O/c1-12-7-9-13(10-8-12)17(20)19-16-6-2-5-15-14(16)4-3-11-18-15/h2-11H,1H3,(H,19,20). The summed E-state index contributed by atoms with van der Waals surface area (Å²) in [6.45, 7) is 2.00. The van der Waals surface area contributed by atoms with E-state index >= 15 is 0 Å². The third kappa shape index (κ3) is 2.38. The number of nitrogens with zero attached hydrogens (tertiary/aromatic N) is 1. The molecule has 98 valence electrons. The first-order valence-corrected chi connectivity index (χ1v) is 6.46. The highest BCUT2D eigenvalue weighted by molar-refractivity contribution is 6.08. The average Bonchev–Trinajstić information content (AvgIpc) is 2.48. The lowest BCUT2D eigenvalue weighted by molar-refractivity contribution is 0.102. The van der Waals surface area contributed by atoms with Crippen LogP contribution in [0.1, 0.15) is 15.9 Å². The Bertz CT molecular complexity index is 758. The number of pyridine rings is 1. The predicted molar refractivity (Wildman–Crippen MR) is 80.9 cm³/mol. The van der Waals surface area contributed by atoms with Crippen LogP contribution in [0.15, 0.2) is 60.8 Å². The first kappa shape index (κ1) is 12.4. The van der Waals surface area contributed by atoms with Gasteiger partial charge in [0.2, 0.25) is 0 Å². The second kappa shape index (κ2) is 5.13. The van der Waals surface area contributed by atoms with Gasteiger partial charge in [0.05, 0.1) is 11.2 Å². The molecule has 3 aromatic rings. The zero-order valence-corrected chi connectivity index (χ0v) is 11.1. The van der Waals surface area contributed by atoms with Crippen LogP contribution in [-0.2, 0) is 0 Å². The molecule has 0 unspecified atom stereocenters. The molecule has 0 atom stereocenters. The minimum absolute atomic E-state index is 0.110. The van der Waals surface area contributed by atoms with Crippen molar-refractivity contribution in [3.63, 3.8) is 0 Å². The SMILES string of the molecule is Cc1ccc(C(=O)Nc2cccc3ncccc23)cc1. The van der Waals surface area contributed by atoms with Crippen molar-refractivity contribution in [2.45, 2.75) is 6.92 Å². The van der Waals surface area contributed by atoms with E-state index in [9.17, 15) is 4.79 Å². The van der Waals surface area contributed by atoms with Gasteiger partial charge in [-0.1, -0.05) is 23.8 Å². The number of aromatic nitrogens is 1. The Morgan fingerprint density at radius 2 is 1.80 bits per heavy atom. The topological polar surface area (TPSA) is 42.0 Å². The Morgan fingerprint density at radius 1 is 1.00 bits per heavy atom. The van der Waals surface area contributed by atoms with E-state index in [0.717, 1.165) is 22.2 Å². The Labute approximate surface area is 117 Å². The molecule has 0 radical (unpaired) electrons. The van der Waals surface area contributed by atoms with Gasteiger partial charge in [0.1, 0.15) is 0 Å². The molecule has 0 saturated heterocycles. The maximum atomic E-state index is 12.2. The van der Waals surface area contributed by atoms with Gasteiger partial charge < -0.3 is 5.32 Å². The Kier molecular flexibility index (Phi) is 3.17. The zero-order chi connectivity index (χ0) is 13.9. The van der Waals surface area contributed by atoms with E-state index in [0.29, 0.717) is 5.56 Å². The number of hydrogen-bond acceptors (Lipinski definition) is 2. The van der Waals surface area contributed by atoms with Crippen LogP contribution in [0.2, 0.25) is 0 Å². The van der Waals surface area contributed by atoms with E-state index in [1.165, 1.54) is 0 Å². The Balaban J connectivity index is 1.93. The van der Waals surface area contributed by atoms with Gasteiger partial charge in [-0.05, 0) is 43.3 Å². The Hall–Kier alpha value is -2.68. The van der Waals surface area contributed by atoms with E-state index in [1.54, 1.807) is 6.20 Å². The molecule has 0 spiro atoms. The fraction of sp³-hybridized carbons (Fsp3) is 0.0588. The van der Waals surface area contributed by atoms with Crippen LogP contribution >= 0.6 is 0 Å². The van der Waals surface area contributed by atoms with Gasteiger partial charge in [-0.3, -0.25) is 9.78 Å². The van der Waals surface area contributed by atoms with Crippen molar-refractivity contribution in [3.05, 3.63) is 71.9 Å². The van der Waals surface area contributed by atoms with Crippen LogP contribution in [-0.4, -0.2) is 10.9 Å². The van der Waals surface area contributed by atoms with Crippen molar-refractivity contribution in [1.82, 2.24) is 4.98 Å². The molecule has 3 rings (SSSR count). The Morgan fingerprint density at radius 3 is 2.60 bits per heavy atom. The summed E-state index contributed by atoms with van der Waals surface area (Å²) in [6, 6.07) is 17.0. The fourth-order valence-electron chi connectivity index (χ4n) is 2.11. The number of benzene rings is 2. The highest BCUT2D eigenvalue weighted by Crippen LogP contribution is 2.21. The van der Waals surface area contributed by atoms with Crippen molar-refractivity contribution >= 4 is 22.5 Å². The molecule has 3 heteroatoms. The molecule has 1 amide bonds. The third-order valence-corrected chi connectivity index (χ3v) is 3.21. The summed E-state index contributed by atoms with van der Waals surface area (Å²) in [5, 5.41) is 3.88. The van der Waals surface area contributed by atoms with Crippen LogP contribution < -0.4 is 5.32 Å². The monoisotopic (exact) mass is 262 g/mol. The number of hydrogen-bond donors (Lipinski definition) is 1. The quantitative estimate of drug-likeness (QED) is 0.763. The summed E-state index contributed by atoms with van der Waals surface area (Å²) >= 11 is 0. The third-order valence-electron chi connectivity index (χ3n) is 3.21. The number of nitrogens with one attached hydrogen (secondary N) is 1. The highest BCUT2D eigenvalue weighted by atomic mass is 16.1. The molecule has 3 nitrogen and oxygen atoms in total. The summed E-state index contributed by atoms with van der Waals surface area (Å²) < 4.78 is 0. The van der Waals surface area contributed by atoms with Crippen LogP contribution in [0.3, 0.4) is 0 Å². The van der Waals surface area contributed by atoms with E-state index < -0.39 is 0 Å². The molecule has 0 aliphatic carbocycles. The molecule has 0 aliphatic heterocycles. The number of carbonyl (C=O) groups is 1. The van der Waals surface area contributed by atoms with Gasteiger partial charge in [0.15, 0.2) is 0 Å². The molecule has 0 bridgehead atoms. The molecule has 0 saturated carbocycles. The molecule has 0 aliphatic rings. The molecule has 0 fully saturated rings. The lowest BCUT2D eigenvalue weighted by Gasteiger charge is -2.08. The second-order valence-corrected chi connectivity index (χ2v) is 4.70. The predicted octanol–water partition coefficient (Wildman–Crippen LogP) is 3.80. The highest BCUT2D eigenvalue weighted by Gasteiger charge is 2.08. The largest absolute Gasteiger partial charge is 0.321 e. The van der Waals surface area contributed by atoms with E-state index in [1.807, 2.05) is 61.5 Å². The first-order valence-electron chi connectivity index (χ1n) is 6.46. The fourth-order valence-corrected chi connectivity index (χ4v) is 2.11. The molecular formula is C17H14N2O. The van der Waals surface area contributed by atoms with Gasteiger partial charge in [-0.2, -0.15) is 0 Å². The van der Waals surface area contributed by atoms with Crippen molar-refractivity contribution in [2.75, 3.05) is 5.32 Å². The number of anilines is 1. The van der Waals surface area contributed by atoms with Crippen LogP contribution in [0.4, 0.5) is 5.69 Å². The second-order valence-electron chi connectivity index (χ2n) is 4.70. The minimum atomic E-state index is -0.110. The van der Waals surface area contributed by atoms with Crippen LogP contribution in [0.25, 0.3) is 10.9 Å². The molecule has 2 aromatic carbocycles. The van der Waals surface area contributed by atoms with Gasteiger partial charge in [0, 0.05) is 17.1 Å². The van der Waals surface area contributed by atoms with Gasteiger partial charge in [-0.25, -0.2) is 0 Å². The molecule has 1 heterocycles. The minimum Gasteiger partial charge on any atom is -0.321 e. The summed E-state index contributed by atoms with van der Waals surface area (Å²) in [5.74, 6) is -0.110. The molecular weight excluding hydrogens is 248 g/mol. The number of aryl methyl sites for hydroxylation is 1. The van der Waals surface area contributed by atoms with Crippen LogP contribution in [0, 0.1) is 6.92 Å². The van der Waals surface area contributed by atoms with Crippen LogP contribution in [0.5, 0.6) is 0 Å². The summed E-state index contributed by atoms with van der Waals surface area (Å²) in [5.41, 5.74) is 3.43. The van der Waals surface area contributed by atoms with Gasteiger partial charge >= 0.3 is 0 Å². The summed E-state index contributed by atoms with van der Waals surface area (Å²) in [7, 11) is 0. The van der Waals surface area contributed by atoms with Crippen molar-refractivity contribution in [3.8, 4) is 0 Å². The number of carbonyl (C=O) groups excluding carboxylic acids is 1. The number of fused-ring (bicyclic) bond motifs is 1. The molecule has 1 N–H and O–H groups in total. The molecule has 20 heavy (non-hydrogen) atoms. The van der Waals surface area contributed by atoms with Crippen molar-refractivity contribution in [1.29, 1.82) is 0 Å². The lowest BCUT2D eigenvalue weighted by atomic mass is 10.1. The van der Waals surface area contributed by atoms with E-state index in [2.05, 4.69) is 10.3 Å². The summed E-state index contributed by atoms with van der Waals surface area (Å²) in [4.78, 5) is 16.5. The lowest BCUT2D eigenvalue weighted by Crippen LogP contribution is -2.12. The van der Waals surface area contributed by atoms with Gasteiger partial charge in [0.25, 0.3) is 5.91 Å². The maximum Gasteiger partial charge on any atom is 0.255 e. The summed E-state index contributed by atoms with van der Waals surface area (Å²) in [6.07, 6.45) is 1.74. The first-order chi connectivity index (χ1) is 9.74. The normalized spacial score (nSPS) is 10.4. The number of amides is 1. The average molecular weight is 262 g/mol. The van der Waals surface area contributed by atoms with Gasteiger partial charge in [-0.15, -0.1) is 0 Å². The van der Waals surface area contributed by atoms with E-state index in [-0.39, 0.29) is 5.91 Å². The smallest absolute Gasteiger partial charge is 0.255 e. The van der Waals surface area contributed by atoms with E-state index in [4.69, 9.17) is 0 Å². The number of rotatable bonds is 2. The maximum absolute atomic E-state index is 12.2. The van der Waals surface area contributed by atoms with Crippen molar-refractivity contribution in [2.24, 2.45) is 0 Å². The molecule has 1 aromatic heterocycles. The van der Waals surface area contributed by atoms with Crippen molar-refractivity contribution < 1.29 is 4.79 Å².